The first-order valence-electron chi connectivity index (χ1n) is 8.55. The zero-order chi connectivity index (χ0) is 16.2. The summed E-state index contributed by atoms with van der Waals surface area (Å²) in [4.78, 5) is 2.59. The minimum absolute atomic E-state index is 0.739. The van der Waals surface area contributed by atoms with Gasteiger partial charge >= 0.3 is 0 Å². The van der Waals surface area contributed by atoms with Gasteiger partial charge in [0, 0.05) is 22.2 Å². The van der Waals surface area contributed by atoms with Gasteiger partial charge < -0.3 is 10.2 Å². The molecule has 1 rings (SSSR count). The molecule has 0 atom stereocenters. The Morgan fingerprint density at radius 2 is 1.45 bits per heavy atom. The second kappa shape index (κ2) is 12.2. The number of benzene rings is 1. The maximum absolute atomic E-state index is 6.17. The summed E-state index contributed by atoms with van der Waals surface area (Å²) in [6, 6.07) is 5.66. The van der Waals surface area contributed by atoms with Gasteiger partial charge in [-0.3, -0.25) is 0 Å². The lowest BCUT2D eigenvalue weighted by Gasteiger charge is -2.22. The van der Waals surface area contributed by atoms with Crippen molar-refractivity contribution < 1.29 is 0 Å². The Morgan fingerprint density at radius 1 is 0.909 bits per heavy atom. The molecule has 0 saturated carbocycles. The average Bonchev–Trinajstić information content (AvgIpc) is 2.51. The van der Waals surface area contributed by atoms with Gasteiger partial charge in [-0.2, -0.15) is 0 Å². The van der Waals surface area contributed by atoms with E-state index in [0.717, 1.165) is 35.1 Å². The van der Waals surface area contributed by atoms with Crippen LogP contribution in [0.15, 0.2) is 18.2 Å². The van der Waals surface area contributed by atoms with Gasteiger partial charge in [-0.1, -0.05) is 56.0 Å². The second-order valence-electron chi connectivity index (χ2n) is 5.78. The van der Waals surface area contributed by atoms with E-state index in [2.05, 4.69) is 24.1 Å². The lowest BCUT2D eigenvalue weighted by Crippen LogP contribution is -2.29. The zero-order valence-corrected chi connectivity index (χ0v) is 15.5. The van der Waals surface area contributed by atoms with Crippen molar-refractivity contribution in [2.45, 2.75) is 52.5 Å². The van der Waals surface area contributed by atoms with Gasteiger partial charge in [0.25, 0.3) is 0 Å². The van der Waals surface area contributed by atoms with Gasteiger partial charge in [-0.15, -0.1) is 0 Å². The average molecular weight is 345 g/mol. The quantitative estimate of drug-likeness (QED) is 0.512. The van der Waals surface area contributed by atoms with Crippen LogP contribution in [-0.2, 0) is 6.54 Å². The molecule has 0 aliphatic carbocycles. The second-order valence-corrected chi connectivity index (χ2v) is 6.59. The summed E-state index contributed by atoms with van der Waals surface area (Å²) < 4.78 is 0. The van der Waals surface area contributed by atoms with Crippen LogP contribution in [-0.4, -0.2) is 31.1 Å². The Hall–Kier alpha value is -0.280. The highest BCUT2D eigenvalue weighted by Gasteiger charge is 2.06. The zero-order valence-electron chi connectivity index (χ0n) is 14.0. The number of hydrogen-bond donors (Lipinski definition) is 1. The monoisotopic (exact) mass is 344 g/mol. The first-order chi connectivity index (χ1) is 10.7. The molecule has 0 spiro atoms. The Morgan fingerprint density at radius 3 is 2.00 bits per heavy atom. The minimum atomic E-state index is 0.739. The van der Waals surface area contributed by atoms with Crippen molar-refractivity contribution in [1.82, 2.24) is 10.2 Å². The molecule has 2 nitrogen and oxygen atoms in total. The predicted octanol–water partition coefficient (Wildman–Crippen LogP) is 5.38. The molecule has 0 aliphatic heterocycles. The number of hydrogen-bond acceptors (Lipinski definition) is 2. The molecule has 126 valence electrons. The van der Waals surface area contributed by atoms with E-state index in [1.807, 2.05) is 18.2 Å². The minimum Gasteiger partial charge on any atom is -0.313 e. The SMILES string of the molecule is CCCCN(CCCC)CCCNCc1c(Cl)cccc1Cl. The van der Waals surface area contributed by atoms with E-state index in [0.29, 0.717) is 0 Å². The van der Waals surface area contributed by atoms with Crippen molar-refractivity contribution in [2.75, 3.05) is 26.2 Å². The third kappa shape index (κ3) is 7.82. The van der Waals surface area contributed by atoms with Crippen molar-refractivity contribution in [3.63, 3.8) is 0 Å². The molecule has 1 aromatic rings. The molecule has 0 unspecified atom stereocenters. The van der Waals surface area contributed by atoms with Crippen LogP contribution in [0.3, 0.4) is 0 Å². The van der Waals surface area contributed by atoms with Crippen LogP contribution < -0.4 is 5.32 Å². The van der Waals surface area contributed by atoms with E-state index in [1.165, 1.54) is 45.3 Å². The molecule has 4 heteroatoms. The highest BCUT2D eigenvalue weighted by molar-refractivity contribution is 6.35. The van der Waals surface area contributed by atoms with Gasteiger partial charge in [0.05, 0.1) is 0 Å². The molecule has 0 heterocycles. The number of unbranched alkanes of at least 4 members (excludes halogenated alkanes) is 2. The summed E-state index contributed by atoms with van der Waals surface area (Å²) >= 11 is 12.3. The Bertz CT molecular complexity index is 382. The van der Waals surface area contributed by atoms with Gasteiger partial charge in [0.15, 0.2) is 0 Å². The van der Waals surface area contributed by atoms with Crippen LogP contribution in [0.4, 0.5) is 0 Å². The van der Waals surface area contributed by atoms with E-state index in [9.17, 15) is 0 Å². The predicted molar refractivity (Wildman–Crippen MR) is 99.0 cm³/mol. The molecule has 0 fully saturated rings. The first kappa shape index (κ1) is 19.8. The Kier molecular flexibility index (Phi) is 10.9. The molecular formula is C18H30Cl2N2. The third-order valence-electron chi connectivity index (χ3n) is 3.85. The maximum atomic E-state index is 6.17. The summed E-state index contributed by atoms with van der Waals surface area (Å²) in [5, 5.41) is 4.94. The van der Waals surface area contributed by atoms with Crippen LogP contribution in [0.1, 0.15) is 51.5 Å². The largest absolute Gasteiger partial charge is 0.313 e. The summed E-state index contributed by atoms with van der Waals surface area (Å²) in [6.07, 6.45) is 6.30. The summed E-state index contributed by atoms with van der Waals surface area (Å²) in [7, 11) is 0. The van der Waals surface area contributed by atoms with Crippen LogP contribution in [0, 0.1) is 0 Å². The van der Waals surface area contributed by atoms with Crippen LogP contribution in [0.5, 0.6) is 0 Å². The van der Waals surface area contributed by atoms with E-state index in [-0.39, 0.29) is 0 Å². The maximum Gasteiger partial charge on any atom is 0.0465 e. The molecule has 1 N–H and O–H groups in total. The molecule has 0 amide bonds. The standard InChI is InChI=1S/C18H30Cl2N2/c1-3-5-12-22(13-6-4-2)14-8-11-21-15-16-17(19)9-7-10-18(16)20/h7,9-10,21H,3-6,8,11-15H2,1-2H3. The van der Waals surface area contributed by atoms with Crippen molar-refractivity contribution in [3.05, 3.63) is 33.8 Å². The smallest absolute Gasteiger partial charge is 0.0465 e. The number of rotatable bonds is 12. The van der Waals surface area contributed by atoms with Crippen LogP contribution in [0.2, 0.25) is 10.0 Å². The summed E-state index contributed by atoms with van der Waals surface area (Å²) in [5.41, 5.74) is 1.000. The number of nitrogens with one attached hydrogen (secondary N) is 1. The van der Waals surface area contributed by atoms with Gasteiger partial charge in [0.2, 0.25) is 0 Å². The lowest BCUT2D eigenvalue weighted by atomic mass is 10.2. The number of halogens is 2. The molecule has 22 heavy (non-hydrogen) atoms. The fourth-order valence-corrected chi connectivity index (χ4v) is 2.97. The first-order valence-corrected chi connectivity index (χ1v) is 9.30. The highest BCUT2D eigenvalue weighted by atomic mass is 35.5. The van der Waals surface area contributed by atoms with Gasteiger partial charge in [-0.25, -0.2) is 0 Å². The lowest BCUT2D eigenvalue weighted by molar-refractivity contribution is 0.261. The van der Waals surface area contributed by atoms with Gasteiger partial charge in [-0.05, 0) is 57.6 Å². The molecule has 1 aromatic carbocycles. The normalized spacial score (nSPS) is 11.3. The molecule has 0 aromatic heterocycles. The van der Waals surface area contributed by atoms with Crippen LogP contribution >= 0.6 is 23.2 Å². The molecule has 0 radical (unpaired) electrons. The van der Waals surface area contributed by atoms with E-state index >= 15 is 0 Å². The number of nitrogens with zero attached hydrogens (tertiary/aromatic N) is 1. The summed E-state index contributed by atoms with van der Waals surface area (Å²) in [6.45, 7) is 9.88. The van der Waals surface area contributed by atoms with Crippen molar-refractivity contribution in [1.29, 1.82) is 0 Å². The summed E-state index contributed by atoms with van der Waals surface area (Å²) in [5.74, 6) is 0. The topological polar surface area (TPSA) is 15.3 Å². The third-order valence-corrected chi connectivity index (χ3v) is 4.56. The van der Waals surface area contributed by atoms with E-state index < -0.39 is 0 Å². The Labute approximate surface area is 146 Å². The molecule has 0 aliphatic rings. The van der Waals surface area contributed by atoms with Crippen molar-refractivity contribution >= 4 is 23.2 Å². The van der Waals surface area contributed by atoms with Crippen LogP contribution in [0.25, 0.3) is 0 Å². The van der Waals surface area contributed by atoms with Crippen molar-refractivity contribution in [3.8, 4) is 0 Å². The molecule has 0 saturated heterocycles. The Balaban J connectivity index is 2.24. The molecular weight excluding hydrogens is 315 g/mol. The molecule has 0 bridgehead atoms. The highest BCUT2D eigenvalue weighted by Crippen LogP contribution is 2.23. The fourth-order valence-electron chi connectivity index (χ4n) is 2.44. The van der Waals surface area contributed by atoms with E-state index in [1.54, 1.807) is 0 Å². The fraction of sp³-hybridized carbons (Fsp3) is 0.667. The van der Waals surface area contributed by atoms with Crippen molar-refractivity contribution in [2.24, 2.45) is 0 Å². The van der Waals surface area contributed by atoms with E-state index in [4.69, 9.17) is 23.2 Å². The van der Waals surface area contributed by atoms with Gasteiger partial charge in [0.1, 0.15) is 0 Å².